The smallest absolute Gasteiger partial charge is 0.140 e. The summed E-state index contributed by atoms with van der Waals surface area (Å²) in [7, 11) is 0. The van der Waals surface area contributed by atoms with Crippen LogP contribution in [-0.2, 0) is 0 Å². The molecule has 4 nitrogen and oxygen atoms in total. The highest BCUT2D eigenvalue weighted by molar-refractivity contribution is 5.24. The van der Waals surface area contributed by atoms with Gasteiger partial charge in [-0.05, 0) is 18.1 Å². The van der Waals surface area contributed by atoms with Crippen molar-refractivity contribution in [2.75, 3.05) is 6.61 Å². The number of nitrogens with two attached hydrogens (primary N) is 1. The Hall–Kier alpha value is -1.44. The number of pyridine rings is 1. The van der Waals surface area contributed by atoms with Gasteiger partial charge in [-0.2, -0.15) is 5.26 Å². The number of nitriles is 1. The summed E-state index contributed by atoms with van der Waals surface area (Å²) in [4.78, 5) is 3.88. The maximum Gasteiger partial charge on any atom is 0.140 e. The molecule has 3 N–H and O–H groups in total. The minimum atomic E-state index is -0.203. The number of aliphatic hydroxyl groups excluding tert-OH is 1. The lowest BCUT2D eigenvalue weighted by molar-refractivity contribution is 0.276. The summed E-state index contributed by atoms with van der Waals surface area (Å²) < 4.78 is 0. The van der Waals surface area contributed by atoms with Crippen molar-refractivity contribution in [1.82, 2.24) is 4.98 Å². The molecular formula is C9H11N3O. The fraction of sp³-hybridized carbons (Fsp3) is 0.333. The molecule has 0 fully saturated rings. The number of rotatable bonds is 3. The van der Waals surface area contributed by atoms with Crippen LogP contribution in [0.2, 0.25) is 0 Å². The first kappa shape index (κ1) is 9.65. The first-order valence-corrected chi connectivity index (χ1v) is 4.00. The topological polar surface area (TPSA) is 82.9 Å². The van der Waals surface area contributed by atoms with E-state index in [9.17, 15) is 0 Å². The van der Waals surface area contributed by atoms with Gasteiger partial charge in [0.05, 0.1) is 0 Å². The predicted octanol–water partition coefficient (Wildman–Crippen LogP) is 0.335. The fourth-order valence-corrected chi connectivity index (χ4v) is 0.997. The molecule has 0 aromatic carbocycles. The van der Waals surface area contributed by atoms with Crippen LogP contribution in [0.1, 0.15) is 23.7 Å². The Kier molecular flexibility index (Phi) is 3.38. The highest BCUT2D eigenvalue weighted by atomic mass is 16.3. The van der Waals surface area contributed by atoms with Crippen LogP contribution in [0.5, 0.6) is 0 Å². The second kappa shape index (κ2) is 4.55. The van der Waals surface area contributed by atoms with Crippen LogP contribution in [0.3, 0.4) is 0 Å². The van der Waals surface area contributed by atoms with Gasteiger partial charge in [0.15, 0.2) is 0 Å². The lowest BCUT2D eigenvalue weighted by Crippen LogP contribution is -2.12. The Bertz CT molecular complexity index is 302. The molecule has 0 aliphatic heterocycles. The molecule has 0 aliphatic rings. The van der Waals surface area contributed by atoms with Gasteiger partial charge < -0.3 is 10.8 Å². The molecule has 0 aliphatic carbocycles. The molecule has 1 aromatic rings. The van der Waals surface area contributed by atoms with E-state index in [-0.39, 0.29) is 12.6 Å². The lowest BCUT2D eigenvalue weighted by Gasteiger charge is -2.08. The number of nitrogens with zero attached hydrogens (tertiary/aromatic N) is 2. The molecule has 0 bridgehead atoms. The van der Waals surface area contributed by atoms with Gasteiger partial charge in [0.2, 0.25) is 0 Å². The maximum atomic E-state index is 8.65. The van der Waals surface area contributed by atoms with Crippen LogP contribution in [0, 0.1) is 11.3 Å². The molecule has 1 atom stereocenters. The zero-order valence-corrected chi connectivity index (χ0v) is 7.14. The molecule has 0 saturated heterocycles. The van der Waals surface area contributed by atoms with Gasteiger partial charge in [-0.15, -0.1) is 0 Å². The summed E-state index contributed by atoms with van der Waals surface area (Å²) in [5, 5.41) is 17.1. The summed E-state index contributed by atoms with van der Waals surface area (Å²) in [6.07, 6.45) is 2.08. The fourth-order valence-electron chi connectivity index (χ4n) is 0.997. The quantitative estimate of drug-likeness (QED) is 0.697. The first-order valence-electron chi connectivity index (χ1n) is 4.00. The maximum absolute atomic E-state index is 8.65. The molecular weight excluding hydrogens is 166 g/mol. The van der Waals surface area contributed by atoms with Crippen LogP contribution >= 0.6 is 0 Å². The van der Waals surface area contributed by atoms with Crippen LogP contribution in [-0.4, -0.2) is 16.7 Å². The molecule has 4 heteroatoms. The van der Waals surface area contributed by atoms with Crippen LogP contribution in [0.25, 0.3) is 0 Å². The molecule has 1 rings (SSSR count). The van der Waals surface area contributed by atoms with Crippen molar-refractivity contribution >= 4 is 0 Å². The normalized spacial score (nSPS) is 12.1. The number of hydrogen-bond donors (Lipinski definition) is 2. The minimum Gasteiger partial charge on any atom is -0.396 e. The monoisotopic (exact) mass is 177 g/mol. The van der Waals surface area contributed by atoms with Gasteiger partial charge in [-0.25, -0.2) is 4.98 Å². The number of aliphatic hydroxyl groups is 1. The van der Waals surface area contributed by atoms with Gasteiger partial charge in [0.25, 0.3) is 0 Å². The Morgan fingerprint density at radius 3 is 2.85 bits per heavy atom. The first-order chi connectivity index (χ1) is 6.27. The van der Waals surface area contributed by atoms with Gasteiger partial charge in [-0.1, -0.05) is 6.07 Å². The molecule has 68 valence electrons. The standard InChI is InChI=1S/C9H11N3O/c10-5-8-2-1-7(6-12-8)9(11)3-4-13/h1-2,6,9,13H,3-4,11H2/t9-/m0/s1. The van der Waals surface area contributed by atoms with Crippen LogP contribution in [0.4, 0.5) is 0 Å². The van der Waals surface area contributed by atoms with E-state index in [4.69, 9.17) is 16.1 Å². The molecule has 0 spiro atoms. The van der Waals surface area contributed by atoms with Gasteiger partial charge in [0.1, 0.15) is 11.8 Å². The van der Waals surface area contributed by atoms with Crippen molar-refractivity contribution in [3.63, 3.8) is 0 Å². The largest absolute Gasteiger partial charge is 0.396 e. The Labute approximate surface area is 76.6 Å². The van der Waals surface area contributed by atoms with Crippen molar-refractivity contribution in [3.8, 4) is 6.07 Å². The molecule has 0 radical (unpaired) electrons. The van der Waals surface area contributed by atoms with Gasteiger partial charge in [-0.3, -0.25) is 0 Å². The van der Waals surface area contributed by atoms with E-state index >= 15 is 0 Å². The van der Waals surface area contributed by atoms with E-state index in [1.807, 2.05) is 6.07 Å². The average Bonchev–Trinajstić information content (AvgIpc) is 2.18. The highest BCUT2D eigenvalue weighted by Crippen LogP contribution is 2.11. The van der Waals surface area contributed by atoms with E-state index in [0.717, 1.165) is 5.56 Å². The third-order valence-corrected chi connectivity index (χ3v) is 1.77. The molecule has 0 unspecified atom stereocenters. The van der Waals surface area contributed by atoms with Crippen molar-refractivity contribution in [2.24, 2.45) is 5.73 Å². The highest BCUT2D eigenvalue weighted by Gasteiger charge is 2.04. The Morgan fingerprint density at radius 2 is 2.38 bits per heavy atom. The number of hydrogen-bond acceptors (Lipinski definition) is 4. The van der Waals surface area contributed by atoms with Crippen molar-refractivity contribution in [2.45, 2.75) is 12.5 Å². The van der Waals surface area contributed by atoms with Gasteiger partial charge in [0, 0.05) is 18.8 Å². The lowest BCUT2D eigenvalue weighted by atomic mass is 10.1. The summed E-state index contributed by atoms with van der Waals surface area (Å²) in [6.45, 7) is 0.0567. The molecule has 0 saturated carbocycles. The molecule has 0 amide bonds. The van der Waals surface area contributed by atoms with E-state index < -0.39 is 0 Å². The van der Waals surface area contributed by atoms with E-state index in [0.29, 0.717) is 12.1 Å². The second-order valence-corrected chi connectivity index (χ2v) is 2.71. The Balaban J connectivity index is 2.75. The van der Waals surface area contributed by atoms with E-state index in [2.05, 4.69) is 4.98 Å². The summed E-state index contributed by atoms with van der Waals surface area (Å²) in [5.41, 5.74) is 6.93. The zero-order valence-electron chi connectivity index (χ0n) is 7.14. The van der Waals surface area contributed by atoms with E-state index in [1.54, 1.807) is 18.3 Å². The van der Waals surface area contributed by atoms with Crippen molar-refractivity contribution in [1.29, 1.82) is 5.26 Å². The van der Waals surface area contributed by atoms with Gasteiger partial charge >= 0.3 is 0 Å². The zero-order chi connectivity index (χ0) is 9.68. The SMILES string of the molecule is N#Cc1ccc([C@@H](N)CCO)cn1. The Morgan fingerprint density at radius 1 is 1.62 bits per heavy atom. The van der Waals surface area contributed by atoms with Crippen molar-refractivity contribution in [3.05, 3.63) is 29.6 Å². The van der Waals surface area contributed by atoms with E-state index in [1.165, 1.54) is 0 Å². The molecule has 13 heavy (non-hydrogen) atoms. The third kappa shape index (κ3) is 2.51. The third-order valence-electron chi connectivity index (χ3n) is 1.77. The second-order valence-electron chi connectivity index (χ2n) is 2.71. The molecule has 1 heterocycles. The minimum absolute atomic E-state index is 0.0567. The van der Waals surface area contributed by atoms with Crippen LogP contribution < -0.4 is 5.73 Å². The molecule has 1 aromatic heterocycles. The summed E-state index contributed by atoms with van der Waals surface area (Å²) in [6, 6.07) is 5.09. The average molecular weight is 177 g/mol. The van der Waals surface area contributed by atoms with Crippen LogP contribution in [0.15, 0.2) is 18.3 Å². The van der Waals surface area contributed by atoms with Crippen molar-refractivity contribution < 1.29 is 5.11 Å². The summed E-state index contributed by atoms with van der Waals surface area (Å²) in [5.74, 6) is 0. The number of aromatic nitrogens is 1. The summed E-state index contributed by atoms with van der Waals surface area (Å²) >= 11 is 0. The predicted molar refractivity (Wildman–Crippen MR) is 47.6 cm³/mol.